The van der Waals surface area contributed by atoms with Gasteiger partial charge >= 0.3 is 0 Å². The molecule has 0 aromatic heterocycles. The van der Waals surface area contributed by atoms with E-state index in [4.69, 9.17) is 4.74 Å². The molecule has 2 nitrogen and oxygen atoms in total. The summed E-state index contributed by atoms with van der Waals surface area (Å²) in [5.41, 5.74) is 0. The summed E-state index contributed by atoms with van der Waals surface area (Å²) in [5, 5.41) is 10.2. The first-order chi connectivity index (χ1) is 8.52. The van der Waals surface area contributed by atoms with Crippen LogP contribution in [0.3, 0.4) is 0 Å². The van der Waals surface area contributed by atoms with Gasteiger partial charge in [0, 0.05) is 19.4 Å². The van der Waals surface area contributed by atoms with Gasteiger partial charge < -0.3 is 9.84 Å². The molecule has 0 amide bonds. The van der Waals surface area contributed by atoms with Gasteiger partial charge in [-0.3, -0.25) is 0 Å². The van der Waals surface area contributed by atoms with Gasteiger partial charge in [0.2, 0.25) is 5.92 Å². The minimum Gasteiger partial charge on any atom is -0.390 e. The second kappa shape index (κ2) is 5.83. The number of hydrogen-bond acceptors (Lipinski definition) is 2. The first-order valence-electron chi connectivity index (χ1n) is 7.19. The van der Waals surface area contributed by atoms with Crippen molar-refractivity contribution in [3.05, 3.63) is 0 Å². The third kappa shape index (κ3) is 3.89. The van der Waals surface area contributed by atoms with E-state index in [0.717, 1.165) is 19.3 Å². The van der Waals surface area contributed by atoms with Crippen LogP contribution in [0.25, 0.3) is 0 Å². The van der Waals surface area contributed by atoms with E-state index in [2.05, 4.69) is 0 Å². The monoisotopic (exact) mass is 262 g/mol. The number of aliphatic hydroxyl groups is 1. The van der Waals surface area contributed by atoms with Gasteiger partial charge in [0.15, 0.2) is 0 Å². The SMILES string of the molecule is CCOC(C(O)CC1CCCC(F)(F)C1)C1CC1. The van der Waals surface area contributed by atoms with Crippen LogP contribution in [0.2, 0.25) is 0 Å². The number of hydrogen-bond donors (Lipinski definition) is 1. The Labute approximate surface area is 108 Å². The van der Waals surface area contributed by atoms with Crippen LogP contribution in [0, 0.1) is 11.8 Å². The Balaban J connectivity index is 1.83. The van der Waals surface area contributed by atoms with Gasteiger partial charge in [-0.25, -0.2) is 8.78 Å². The van der Waals surface area contributed by atoms with Crippen LogP contribution in [0.5, 0.6) is 0 Å². The third-order valence-electron chi connectivity index (χ3n) is 4.14. The Morgan fingerprint density at radius 2 is 2.06 bits per heavy atom. The lowest BCUT2D eigenvalue weighted by atomic mass is 9.82. The van der Waals surface area contributed by atoms with Crippen molar-refractivity contribution in [2.75, 3.05) is 6.61 Å². The van der Waals surface area contributed by atoms with Crippen LogP contribution in [0.15, 0.2) is 0 Å². The molecule has 18 heavy (non-hydrogen) atoms. The fraction of sp³-hybridized carbons (Fsp3) is 1.00. The summed E-state index contributed by atoms with van der Waals surface area (Å²) in [4.78, 5) is 0. The minimum absolute atomic E-state index is 0.0110. The van der Waals surface area contributed by atoms with E-state index in [9.17, 15) is 13.9 Å². The van der Waals surface area contributed by atoms with Gasteiger partial charge in [-0.05, 0) is 50.9 Å². The second-order valence-electron chi connectivity index (χ2n) is 5.88. The summed E-state index contributed by atoms with van der Waals surface area (Å²) in [6.45, 7) is 2.50. The normalized spacial score (nSPS) is 31.0. The van der Waals surface area contributed by atoms with Crippen molar-refractivity contribution >= 4 is 0 Å². The maximum atomic E-state index is 13.3. The van der Waals surface area contributed by atoms with Crippen molar-refractivity contribution in [1.82, 2.24) is 0 Å². The zero-order valence-electron chi connectivity index (χ0n) is 11.1. The van der Waals surface area contributed by atoms with Gasteiger partial charge in [0.1, 0.15) is 0 Å². The van der Waals surface area contributed by atoms with Crippen LogP contribution >= 0.6 is 0 Å². The van der Waals surface area contributed by atoms with E-state index >= 15 is 0 Å². The Bertz CT molecular complexity index is 267. The van der Waals surface area contributed by atoms with Gasteiger partial charge in [-0.15, -0.1) is 0 Å². The molecule has 3 atom stereocenters. The zero-order chi connectivity index (χ0) is 13.2. The highest BCUT2D eigenvalue weighted by Crippen LogP contribution is 2.41. The Morgan fingerprint density at radius 3 is 2.61 bits per heavy atom. The van der Waals surface area contributed by atoms with Crippen LogP contribution in [0.1, 0.15) is 51.9 Å². The summed E-state index contributed by atoms with van der Waals surface area (Å²) in [6.07, 6.45) is 3.30. The maximum Gasteiger partial charge on any atom is 0.248 e. The molecule has 0 saturated heterocycles. The molecule has 0 bridgehead atoms. The van der Waals surface area contributed by atoms with E-state index in [-0.39, 0.29) is 24.9 Å². The van der Waals surface area contributed by atoms with Crippen molar-refractivity contribution in [3.63, 3.8) is 0 Å². The summed E-state index contributed by atoms with van der Waals surface area (Å²) in [6, 6.07) is 0. The molecule has 2 fully saturated rings. The first kappa shape index (κ1) is 14.2. The highest BCUT2D eigenvalue weighted by Gasteiger charge is 2.40. The maximum absolute atomic E-state index is 13.3. The van der Waals surface area contributed by atoms with Crippen molar-refractivity contribution in [2.24, 2.45) is 11.8 Å². The Hall–Kier alpha value is -0.220. The summed E-state index contributed by atoms with van der Waals surface area (Å²) >= 11 is 0. The molecule has 0 spiro atoms. The molecule has 106 valence electrons. The molecule has 0 heterocycles. The standard InChI is InChI=1S/C14H24F2O2/c1-2-18-13(11-5-6-11)12(17)8-10-4-3-7-14(15,16)9-10/h10-13,17H,2-9H2,1H3. The van der Waals surface area contributed by atoms with E-state index in [0.29, 0.717) is 25.4 Å². The van der Waals surface area contributed by atoms with E-state index in [1.165, 1.54) is 0 Å². The lowest BCUT2D eigenvalue weighted by Gasteiger charge is -2.32. The summed E-state index contributed by atoms with van der Waals surface area (Å²) < 4.78 is 32.2. The van der Waals surface area contributed by atoms with E-state index < -0.39 is 12.0 Å². The van der Waals surface area contributed by atoms with Crippen LogP contribution in [0.4, 0.5) is 8.78 Å². The first-order valence-corrected chi connectivity index (χ1v) is 7.19. The molecule has 2 rings (SSSR count). The molecular formula is C14H24F2O2. The molecule has 0 radical (unpaired) electrons. The molecule has 0 aliphatic heterocycles. The number of aliphatic hydroxyl groups excluding tert-OH is 1. The van der Waals surface area contributed by atoms with Crippen molar-refractivity contribution < 1.29 is 18.6 Å². The molecule has 2 saturated carbocycles. The predicted molar refractivity (Wildman–Crippen MR) is 65.7 cm³/mol. The van der Waals surface area contributed by atoms with Crippen molar-refractivity contribution in [3.8, 4) is 0 Å². The summed E-state index contributed by atoms with van der Waals surface area (Å²) in [5.74, 6) is -2.13. The zero-order valence-corrected chi connectivity index (χ0v) is 11.1. The van der Waals surface area contributed by atoms with E-state index in [1.54, 1.807) is 0 Å². The van der Waals surface area contributed by atoms with Crippen molar-refractivity contribution in [1.29, 1.82) is 0 Å². The average Bonchev–Trinajstić information content (AvgIpc) is 3.08. The molecule has 3 unspecified atom stereocenters. The Kier molecular flexibility index (Phi) is 4.59. The lowest BCUT2D eigenvalue weighted by Crippen LogP contribution is -2.35. The predicted octanol–water partition coefficient (Wildman–Crippen LogP) is 3.38. The Morgan fingerprint density at radius 1 is 1.33 bits per heavy atom. The second-order valence-corrected chi connectivity index (χ2v) is 5.88. The number of alkyl halides is 2. The van der Waals surface area contributed by atoms with Gasteiger partial charge in [0.25, 0.3) is 0 Å². The number of halogens is 2. The molecule has 2 aliphatic rings. The largest absolute Gasteiger partial charge is 0.390 e. The van der Waals surface area contributed by atoms with E-state index in [1.807, 2.05) is 6.92 Å². The fourth-order valence-electron chi connectivity index (χ4n) is 3.13. The van der Waals surface area contributed by atoms with Gasteiger partial charge in [0.05, 0.1) is 12.2 Å². The fourth-order valence-corrected chi connectivity index (χ4v) is 3.13. The molecule has 0 aromatic carbocycles. The summed E-state index contributed by atoms with van der Waals surface area (Å²) in [7, 11) is 0. The topological polar surface area (TPSA) is 29.5 Å². The van der Waals surface area contributed by atoms with Crippen LogP contribution < -0.4 is 0 Å². The number of rotatable bonds is 6. The van der Waals surface area contributed by atoms with Gasteiger partial charge in [-0.1, -0.05) is 0 Å². The minimum atomic E-state index is -2.52. The van der Waals surface area contributed by atoms with Crippen LogP contribution in [-0.2, 0) is 4.74 Å². The lowest BCUT2D eigenvalue weighted by molar-refractivity contribution is -0.0814. The average molecular weight is 262 g/mol. The van der Waals surface area contributed by atoms with Gasteiger partial charge in [-0.2, -0.15) is 0 Å². The third-order valence-corrected chi connectivity index (χ3v) is 4.14. The quantitative estimate of drug-likeness (QED) is 0.795. The molecule has 0 aromatic rings. The van der Waals surface area contributed by atoms with Crippen LogP contribution in [-0.4, -0.2) is 29.8 Å². The van der Waals surface area contributed by atoms with Crippen molar-refractivity contribution in [2.45, 2.75) is 70.0 Å². The molecule has 2 aliphatic carbocycles. The molecule has 1 N–H and O–H groups in total. The molecular weight excluding hydrogens is 238 g/mol. The number of ether oxygens (including phenoxy) is 1. The highest BCUT2D eigenvalue weighted by atomic mass is 19.3. The molecule has 4 heteroatoms. The highest BCUT2D eigenvalue weighted by molar-refractivity contribution is 4.89. The smallest absolute Gasteiger partial charge is 0.248 e.